The summed E-state index contributed by atoms with van der Waals surface area (Å²) < 4.78 is 75.7. The molecule has 5 rings (SSSR count). The number of hydrogen-bond acceptors (Lipinski definition) is 13. The van der Waals surface area contributed by atoms with E-state index in [1.54, 1.807) is 79.7 Å². The molecule has 8 N–H and O–H groups in total. The summed E-state index contributed by atoms with van der Waals surface area (Å²) >= 11 is 0. The topological polar surface area (TPSA) is 276 Å². The number of fused-ring (bicyclic) bond motifs is 1. The maximum atomic E-state index is 14.0. The van der Waals surface area contributed by atoms with Gasteiger partial charge in [0.2, 0.25) is 0 Å². The number of hydrogen-bond donors (Lipinski definition) is 6. The van der Waals surface area contributed by atoms with Crippen molar-refractivity contribution < 1.29 is 117 Å². The van der Waals surface area contributed by atoms with Crippen LogP contribution in [-0.4, -0.2) is 118 Å². The van der Waals surface area contributed by atoms with Crippen LogP contribution in [0.1, 0.15) is 69.1 Å². The van der Waals surface area contributed by atoms with Gasteiger partial charge in [-0.3, -0.25) is 4.55 Å². The Kier molecular flexibility index (Phi) is 21.7. The minimum absolute atomic E-state index is 0. The van der Waals surface area contributed by atoms with E-state index in [4.69, 9.17) is 19.1 Å². The number of unbranched alkanes of at least 4 members (excludes halogenated alkanes) is 1. The molecule has 0 spiro atoms. The van der Waals surface area contributed by atoms with Gasteiger partial charge in [-0.1, -0.05) is 76.1 Å². The number of nitrogens with zero attached hydrogens (tertiary/aromatic N) is 1. The van der Waals surface area contributed by atoms with Crippen LogP contribution >= 0.6 is 0 Å². The van der Waals surface area contributed by atoms with Gasteiger partial charge in [0.05, 0.1) is 30.0 Å². The summed E-state index contributed by atoms with van der Waals surface area (Å²) in [5, 5.41) is 48.6. The predicted molar refractivity (Wildman–Crippen MR) is 219 cm³/mol. The van der Waals surface area contributed by atoms with Crippen molar-refractivity contribution in [3.05, 3.63) is 89.5 Å². The summed E-state index contributed by atoms with van der Waals surface area (Å²) in [6.45, 7) is 4.57. The van der Waals surface area contributed by atoms with E-state index in [-0.39, 0.29) is 86.4 Å². The molecule has 0 bridgehead atoms. The quantitative estimate of drug-likeness (QED) is 0.0849. The molecule has 1 saturated heterocycles. The summed E-state index contributed by atoms with van der Waals surface area (Å²) in [6, 6.07) is 19.8. The van der Waals surface area contributed by atoms with E-state index in [2.05, 4.69) is 14.8 Å². The molecule has 60 heavy (non-hydrogen) atoms. The number of carbonyl (C=O) groups is 1. The number of urea groups is 1. The number of anilines is 2. The van der Waals surface area contributed by atoms with Gasteiger partial charge >= 0.3 is 67.8 Å². The Hall–Kier alpha value is -2.09. The Morgan fingerprint density at radius 3 is 2.27 bits per heavy atom. The first-order chi connectivity index (χ1) is 27.4. The first kappa shape index (κ1) is 54.0. The maximum Gasteiger partial charge on any atom is 1.00 e. The van der Waals surface area contributed by atoms with Crippen molar-refractivity contribution in [2.24, 2.45) is 5.41 Å². The van der Waals surface area contributed by atoms with Crippen molar-refractivity contribution in [3.63, 3.8) is 0 Å². The van der Waals surface area contributed by atoms with Crippen LogP contribution in [0.5, 0.6) is 0 Å². The molecular formula is C40H58KN3O14S2. The number of carbonyl (C=O) groups excluding carboxylic acids is 1. The number of sulfone groups is 1. The summed E-state index contributed by atoms with van der Waals surface area (Å²) in [4.78, 5) is 15.5. The number of nitrogens with one attached hydrogen (secondary N) is 2. The molecule has 2 aliphatic rings. The molecule has 0 saturated carbocycles. The molecule has 1 fully saturated rings. The Bertz CT molecular complexity index is 2030. The molecule has 2 amide bonds. The van der Waals surface area contributed by atoms with Gasteiger partial charge in [-0.2, -0.15) is 8.42 Å². The van der Waals surface area contributed by atoms with Crippen molar-refractivity contribution in [2.75, 3.05) is 43.3 Å². The fourth-order valence-electron chi connectivity index (χ4n) is 7.42. The largest absolute Gasteiger partial charge is 1.00 e. The zero-order valence-electron chi connectivity index (χ0n) is 34.9. The molecule has 8 atom stereocenters. The van der Waals surface area contributed by atoms with Gasteiger partial charge in [0.1, 0.15) is 24.4 Å². The van der Waals surface area contributed by atoms with Crippen LogP contribution < -0.4 is 72.0 Å². The summed E-state index contributed by atoms with van der Waals surface area (Å²) in [7, 11) is -5.07. The normalized spacial score (nSPS) is 25.7. The van der Waals surface area contributed by atoms with Crippen LogP contribution in [0.25, 0.3) is 0 Å². The van der Waals surface area contributed by atoms with Gasteiger partial charge in [0.25, 0.3) is 0 Å². The summed E-state index contributed by atoms with van der Waals surface area (Å²) in [6.07, 6.45) is -6.32. The molecule has 0 aliphatic carbocycles. The van der Waals surface area contributed by atoms with Crippen molar-refractivity contribution in [2.45, 2.75) is 101 Å². The van der Waals surface area contributed by atoms with Crippen molar-refractivity contribution >= 4 is 37.6 Å². The van der Waals surface area contributed by atoms with Crippen LogP contribution in [0.15, 0.2) is 77.7 Å². The molecule has 17 nitrogen and oxygen atoms in total. The molecule has 0 radical (unpaired) electrons. The maximum absolute atomic E-state index is 14.0. The fraction of sp³-hybridized carbons (Fsp3) is 0.525. The molecule has 2 heterocycles. The van der Waals surface area contributed by atoms with E-state index in [1.807, 2.05) is 32.8 Å². The van der Waals surface area contributed by atoms with Gasteiger partial charge in [-0.05, 0) is 59.9 Å². The third-order valence-corrected chi connectivity index (χ3v) is 12.9. The summed E-state index contributed by atoms with van der Waals surface area (Å²) in [5.41, 5.74) is 1.78. The average molecular weight is 908 g/mol. The molecule has 2 aliphatic heterocycles. The number of benzene rings is 3. The van der Waals surface area contributed by atoms with E-state index in [0.29, 0.717) is 29.5 Å². The van der Waals surface area contributed by atoms with Crippen LogP contribution in [0.4, 0.5) is 16.2 Å². The summed E-state index contributed by atoms with van der Waals surface area (Å²) in [5.74, 6) is -1.00. The second-order valence-corrected chi connectivity index (χ2v) is 17.7. The predicted octanol–water partition coefficient (Wildman–Crippen LogP) is -0.862. The SMILES string of the molecule is CCCC[C@]1(CC)CS(=O)(=O)c2ccc(N(C)C)cc2[C@@H](c2cccc(NC(=O)N[C@@H]3O[C@H](COS(=O)(=O)O)[C@@H](O)[C@H](OCc4ccccc4)[C@H]3O)c2)[C@H]1O.CC[O-].O.[K+]. The third-order valence-electron chi connectivity index (χ3n) is 10.5. The first-order valence-corrected chi connectivity index (χ1v) is 22.2. The number of ether oxygens (including phenoxy) is 2. The third kappa shape index (κ3) is 14.0. The number of rotatable bonds is 14. The van der Waals surface area contributed by atoms with E-state index in [9.17, 15) is 36.9 Å². The molecular weight excluding hydrogens is 850 g/mol. The number of aliphatic hydroxyl groups is 3. The minimum Gasteiger partial charge on any atom is -0.855 e. The standard InChI is InChI=1S/C38H51N3O12S2.C2H5O.K.H2O/c1-5-7-18-38(6-2)23-54(46,47)30-17-16-27(41(3)4)20-28(30)31(35(38)44)25-14-11-15-26(19-25)39-37(45)40-36-33(43)34(51-21-24-12-9-8-10-13-24)32(42)29(53-36)22-52-55(48,49)50;1-2-3;;/h8-17,19-20,29,31-36,42-44H,5-7,18,21-23H2,1-4H3,(H2,39,40,45)(H,48,49,50);2H2,1H3;;1H2/q;-1;+1;/t29-,31-,32-,33-,34+,35-,36-,38-;;;/m1.../s1. The Morgan fingerprint density at radius 2 is 1.67 bits per heavy atom. The molecule has 330 valence electrons. The minimum atomic E-state index is -4.93. The molecule has 0 unspecified atom stereocenters. The average Bonchev–Trinajstić information content (AvgIpc) is 3.24. The van der Waals surface area contributed by atoms with Gasteiger partial charge in [-0.25, -0.2) is 17.4 Å². The smallest absolute Gasteiger partial charge is 0.855 e. The Labute approximate surface area is 395 Å². The van der Waals surface area contributed by atoms with Crippen molar-refractivity contribution in [1.29, 1.82) is 0 Å². The van der Waals surface area contributed by atoms with Crippen LogP contribution in [0.2, 0.25) is 0 Å². The van der Waals surface area contributed by atoms with E-state index in [1.165, 1.54) is 0 Å². The zero-order chi connectivity index (χ0) is 42.8. The number of amides is 2. The second kappa shape index (κ2) is 24.1. The van der Waals surface area contributed by atoms with Gasteiger partial charge in [0, 0.05) is 36.8 Å². The van der Waals surface area contributed by atoms with Gasteiger partial charge in [0.15, 0.2) is 16.1 Å². The van der Waals surface area contributed by atoms with E-state index < -0.39 is 81.0 Å². The van der Waals surface area contributed by atoms with E-state index >= 15 is 0 Å². The van der Waals surface area contributed by atoms with Crippen LogP contribution in [0, 0.1) is 5.41 Å². The van der Waals surface area contributed by atoms with Crippen LogP contribution in [0.3, 0.4) is 0 Å². The van der Waals surface area contributed by atoms with Crippen molar-refractivity contribution in [3.8, 4) is 0 Å². The fourth-order valence-corrected chi connectivity index (χ4v) is 9.98. The Morgan fingerprint density at radius 1 is 1.00 bits per heavy atom. The first-order valence-electron chi connectivity index (χ1n) is 19.2. The molecule has 20 heteroatoms. The van der Waals surface area contributed by atoms with Crippen molar-refractivity contribution in [1.82, 2.24) is 5.32 Å². The van der Waals surface area contributed by atoms with Crippen LogP contribution in [-0.2, 0) is 40.5 Å². The Balaban J connectivity index is 0.00000241. The second-order valence-electron chi connectivity index (χ2n) is 14.7. The number of aliphatic hydroxyl groups excluding tert-OH is 3. The zero-order valence-corrected chi connectivity index (χ0v) is 39.6. The molecule has 3 aromatic carbocycles. The van der Waals surface area contributed by atoms with Gasteiger partial charge in [-0.15, -0.1) is 6.61 Å². The monoisotopic (exact) mass is 907 g/mol. The van der Waals surface area contributed by atoms with E-state index in [0.717, 1.165) is 18.5 Å². The molecule has 0 aromatic heterocycles. The molecule has 3 aromatic rings. The van der Waals surface area contributed by atoms with Gasteiger partial charge < -0.3 is 50.9 Å².